The van der Waals surface area contributed by atoms with E-state index in [-0.39, 0.29) is 17.0 Å². The molecule has 152 valence electrons. The van der Waals surface area contributed by atoms with Gasteiger partial charge in [-0.25, -0.2) is 4.98 Å². The van der Waals surface area contributed by atoms with E-state index in [0.717, 1.165) is 0 Å². The molecule has 0 saturated heterocycles. The number of amides is 1. The van der Waals surface area contributed by atoms with E-state index in [1.165, 1.54) is 15.5 Å². The fourth-order valence-corrected chi connectivity index (χ4v) is 3.37. The van der Waals surface area contributed by atoms with Crippen molar-refractivity contribution in [3.63, 3.8) is 0 Å². The SMILES string of the molecule is COCCn1cc(C(=O)Nc2ccc3ncn(C)c(=O)c3c2)c2ccccc2c1=O. The summed E-state index contributed by atoms with van der Waals surface area (Å²) in [5.41, 5.74) is 1.00. The van der Waals surface area contributed by atoms with Crippen LogP contribution in [0, 0.1) is 0 Å². The standard InChI is InChI=1S/C22H20N4O4/c1-25-13-23-19-8-7-14(11-17(19)21(25)28)24-20(27)18-12-26(9-10-30-2)22(29)16-6-4-3-5-15(16)18/h3-8,11-13H,9-10H2,1-2H3,(H,24,27). The molecule has 2 aromatic carbocycles. The van der Waals surface area contributed by atoms with Crippen molar-refractivity contribution in [2.24, 2.45) is 7.05 Å². The van der Waals surface area contributed by atoms with Gasteiger partial charge in [0.1, 0.15) is 0 Å². The molecule has 0 aliphatic heterocycles. The molecular weight excluding hydrogens is 384 g/mol. The Morgan fingerprint density at radius 3 is 2.60 bits per heavy atom. The molecule has 0 saturated carbocycles. The number of fused-ring (bicyclic) bond motifs is 2. The van der Waals surface area contributed by atoms with Crippen LogP contribution >= 0.6 is 0 Å². The number of nitrogens with zero attached hydrogens (tertiary/aromatic N) is 3. The number of nitrogens with one attached hydrogen (secondary N) is 1. The van der Waals surface area contributed by atoms with Crippen LogP contribution in [-0.2, 0) is 18.3 Å². The van der Waals surface area contributed by atoms with Crippen molar-refractivity contribution in [3.8, 4) is 0 Å². The van der Waals surface area contributed by atoms with Crippen LogP contribution < -0.4 is 16.4 Å². The third-order valence-electron chi connectivity index (χ3n) is 4.95. The molecule has 0 fully saturated rings. The summed E-state index contributed by atoms with van der Waals surface area (Å²) in [5, 5.41) is 4.26. The molecule has 0 bridgehead atoms. The van der Waals surface area contributed by atoms with E-state index in [1.807, 2.05) is 0 Å². The molecule has 2 heterocycles. The highest BCUT2D eigenvalue weighted by molar-refractivity contribution is 6.12. The summed E-state index contributed by atoms with van der Waals surface area (Å²) >= 11 is 0. The third kappa shape index (κ3) is 3.48. The molecular formula is C22H20N4O4. The Hall–Kier alpha value is -3.78. The predicted molar refractivity (Wildman–Crippen MR) is 115 cm³/mol. The second-order valence-electron chi connectivity index (χ2n) is 6.93. The van der Waals surface area contributed by atoms with Gasteiger partial charge in [0.15, 0.2) is 0 Å². The van der Waals surface area contributed by atoms with Gasteiger partial charge in [0.25, 0.3) is 17.0 Å². The normalized spacial score (nSPS) is 11.1. The first kappa shape index (κ1) is 19.5. The predicted octanol–water partition coefficient (Wildman–Crippen LogP) is 2.15. The first-order chi connectivity index (χ1) is 14.5. The first-order valence-corrected chi connectivity index (χ1v) is 9.37. The van der Waals surface area contributed by atoms with Gasteiger partial charge >= 0.3 is 0 Å². The number of hydrogen-bond acceptors (Lipinski definition) is 5. The van der Waals surface area contributed by atoms with Crippen LogP contribution in [0.2, 0.25) is 0 Å². The fourth-order valence-electron chi connectivity index (χ4n) is 3.37. The summed E-state index contributed by atoms with van der Waals surface area (Å²) < 4.78 is 7.93. The van der Waals surface area contributed by atoms with Crippen molar-refractivity contribution in [1.82, 2.24) is 14.1 Å². The zero-order chi connectivity index (χ0) is 21.3. The molecule has 8 nitrogen and oxygen atoms in total. The van der Waals surface area contributed by atoms with E-state index < -0.39 is 0 Å². The smallest absolute Gasteiger partial charge is 0.260 e. The van der Waals surface area contributed by atoms with Gasteiger partial charge in [-0.3, -0.25) is 14.4 Å². The van der Waals surface area contributed by atoms with Crippen molar-refractivity contribution in [2.45, 2.75) is 6.54 Å². The van der Waals surface area contributed by atoms with Crippen molar-refractivity contribution in [2.75, 3.05) is 19.0 Å². The van der Waals surface area contributed by atoms with Crippen LogP contribution in [0.25, 0.3) is 21.7 Å². The number of carbonyl (C=O) groups excluding carboxylic acids is 1. The Bertz CT molecular complexity index is 1390. The van der Waals surface area contributed by atoms with Crippen LogP contribution in [0.15, 0.2) is 64.6 Å². The lowest BCUT2D eigenvalue weighted by Gasteiger charge is -2.13. The molecule has 1 amide bonds. The highest BCUT2D eigenvalue weighted by Gasteiger charge is 2.15. The summed E-state index contributed by atoms with van der Waals surface area (Å²) in [6.07, 6.45) is 3.00. The van der Waals surface area contributed by atoms with Crippen LogP contribution in [0.4, 0.5) is 5.69 Å². The van der Waals surface area contributed by atoms with Gasteiger partial charge in [0.2, 0.25) is 0 Å². The van der Waals surface area contributed by atoms with Gasteiger partial charge < -0.3 is 19.2 Å². The molecule has 1 N–H and O–H groups in total. The second-order valence-corrected chi connectivity index (χ2v) is 6.93. The number of benzene rings is 2. The molecule has 0 aliphatic carbocycles. The number of rotatable bonds is 5. The molecule has 0 atom stereocenters. The number of anilines is 1. The minimum Gasteiger partial charge on any atom is -0.383 e. The van der Waals surface area contributed by atoms with Gasteiger partial charge in [0.05, 0.1) is 29.4 Å². The Morgan fingerprint density at radius 2 is 1.83 bits per heavy atom. The topological polar surface area (TPSA) is 95.2 Å². The van der Waals surface area contributed by atoms with Crippen LogP contribution in [0.5, 0.6) is 0 Å². The Kier molecular flexibility index (Phi) is 5.16. The number of aryl methyl sites for hydroxylation is 1. The molecule has 0 aliphatic rings. The number of aromatic nitrogens is 3. The van der Waals surface area contributed by atoms with E-state index in [0.29, 0.717) is 46.1 Å². The lowest BCUT2D eigenvalue weighted by molar-refractivity contribution is 0.102. The molecule has 0 radical (unpaired) electrons. The maximum Gasteiger partial charge on any atom is 0.260 e. The first-order valence-electron chi connectivity index (χ1n) is 9.37. The quantitative estimate of drug-likeness (QED) is 0.550. The zero-order valence-corrected chi connectivity index (χ0v) is 16.6. The number of ether oxygens (including phenoxy) is 1. The van der Waals surface area contributed by atoms with Crippen LogP contribution in [0.3, 0.4) is 0 Å². The van der Waals surface area contributed by atoms with Crippen molar-refractivity contribution in [3.05, 3.63) is 81.3 Å². The molecule has 0 unspecified atom stereocenters. The fraction of sp³-hybridized carbons (Fsp3) is 0.182. The highest BCUT2D eigenvalue weighted by atomic mass is 16.5. The largest absolute Gasteiger partial charge is 0.383 e. The summed E-state index contributed by atoms with van der Waals surface area (Å²) in [5.74, 6) is -0.377. The summed E-state index contributed by atoms with van der Waals surface area (Å²) in [4.78, 5) is 42.4. The average Bonchev–Trinajstić information content (AvgIpc) is 2.76. The lowest BCUT2D eigenvalue weighted by Crippen LogP contribution is -2.25. The van der Waals surface area contributed by atoms with Crippen LogP contribution in [-0.4, -0.2) is 33.7 Å². The molecule has 4 aromatic rings. The maximum atomic E-state index is 13.1. The number of carbonyl (C=O) groups is 1. The Labute approximate surface area is 171 Å². The molecule has 8 heteroatoms. The third-order valence-corrected chi connectivity index (χ3v) is 4.95. The molecule has 4 rings (SSSR count). The number of methoxy groups -OCH3 is 1. The van der Waals surface area contributed by atoms with Crippen molar-refractivity contribution >= 4 is 33.3 Å². The summed E-state index contributed by atoms with van der Waals surface area (Å²) in [6.45, 7) is 0.679. The minimum atomic E-state index is -0.377. The van der Waals surface area contributed by atoms with Gasteiger partial charge in [-0.05, 0) is 24.3 Å². The minimum absolute atomic E-state index is 0.181. The van der Waals surface area contributed by atoms with Crippen molar-refractivity contribution < 1.29 is 9.53 Å². The van der Waals surface area contributed by atoms with Crippen LogP contribution in [0.1, 0.15) is 10.4 Å². The summed E-state index contributed by atoms with van der Waals surface area (Å²) in [7, 11) is 3.17. The maximum absolute atomic E-state index is 13.1. The van der Waals surface area contributed by atoms with Gasteiger partial charge in [0, 0.05) is 43.4 Å². The Morgan fingerprint density at radius 1 is 1.07 bits per heavy atom. The Balaban J connectivity index is 1.77. The summed E-state index contributed by atoms with van der Waals surface area (Å²) in [6, 6.07) is 12.0. The highest BCUT2D eigenvalue weighted by Crippen LogP contribution is 2.19. The van der Waals surface area contributed by atoms with E-state index in [1.54, 1.807) is 62.8 Å². The average molecular weight is 404 g/mol. The van der Waals surface area contributed by atoms with Gasteiger partial charge in [-0.2, -0.15) is 0 Å². The zero-order valence-electron chi connectivity index (χ0n) is 16.6. The molecule has 30 heavy (non-hydrogen) atoms. The van der Waals surface area contributed by atoms with Gasteiger partial charge in [-0.15, -0.1) is 0 Å². The molecule has 0 spiro atoms. The second kappa shape index (κ2) is 7.92. The monoisotopic (exact) mass is 404 g/mol. The van der Waals surface area contributed by atoms with E-state index in [2.05, 4.69) is 10.3 Å². The van der Waals surface area contributed by atoms with E-state index >= 15 is 0 Å². The molecule has 2 aromatic heterocycles. The van der Waals surface area contributed by atoms with E-state index in [9.17, 15) is 14.4 Å². The van der Waals surface area contributed by atoms with Crippen molar-refractivity contribution in [1.29, 1.82) is 0 Å². The van der Waals surface area contributed by atoms with Gasteiger partial charge in [-0.1, -0.05) is 18.2 Å². The van der Waals surface area contributed by atoms with E-state index in [4.69, 9.17) is 4.74 Å². The lowest BCUT2D eigenvalue weighted by atomic mass is 10.1. The number of pyridine rings is 1. The number of hydrogen-bond donors (Lipinski definition) is 1.